The number of pyridine rings is 1. The summed E-state index contributed by atoms with van der Waals surface area (Å²) in [6.45, 7) is 2.38. The van der Waals surface area contributed by atoms with E-state index in [1.165, 1.54) is 12.1 Å². The predicted octanol–water partition coefficient (Wildman–Crippen LogP) is 4.75. The first-order valence-electron chi connectivity index (χ1n) is 9.06. The highest BCUT2D eigenvalue weighted by atomic mass is 19.4. The molecule has 3 aromatic rings. The van der Waals surface area contributed by atoms with Gasteiger partial charge in [-0.25, -0.2) is 4.98 Å². The van der Waals surface area contributed by atoms with Crippen molar-refractivity contribution in [2.75, 3.05) is 0 Å². The number of carbonyl (C=O) groups is 1. The molecular weight excluding hydrogens is 442 g/mol. The van der Waals surface area contributed by atoms with E-state index in [1.807, 2.05) is 6.92 Å². The molecule has 170 valence electrons. The van der Waals surface area contributed by atoms with Crippen molar-refractivity contribution in [2.24, 2.45) is 0 Å². The van der Waals surface area contributed by atoms with Crippen molar-refractivity contribution in [2.45, 2.75) is 32.3 Å². The monoisotopic (exact) mass is 458 g/mol. The van der Waals surface area contributed by atoms with Crippen LogP contribution in [0.3, 0.4) is 0 Å². The number of hydrogen-bond donors (Lipinski definition) is 2. The zero-order valence-corrected chi connectivity index (χ0v) is 16.6. The molecular formula is C20H16F6N4O2. The van der Waals surface area contributed by atoms with E-state index in [1.54, 1.807) is 16.8 Å². The van der Waals surface area contributed by atoms with E-state index in [4.69, 9.17) is 5.41 Å². The Balaban J connectivity index is 1.84. The highest BCUT2D eigenvalue weighted by molar-refractivity contribution is 6.11. The third-order valence-corrected chi connectivity index (χ3v) is 4.54. The molecule has 0 radical (unpaired) electrons. The molecule has 0 spiro atoms. The molecule has 1 aromatic carbocycles. The number of carbonyl (C=O) groups excluding carboxylic acids is 1. The lowest BCUT2D eigenvalue weighted by Gasteiger charge is -2.21. The van der Waals surface area contributed by atoms with Crippen molar-refractivity contribution < 1.29 is 35.9 Å². The summed E-state index contributed by atoms with van der Waals surface area (Å²) in [5.74, 6) is -2.50. The van der Waals surface area contributed by atoms with Gasteiger partial charge in [0.1, 0.15) is 17.2 Å². The SMILES string of the molecule is Cc1cnc2cc(C(=N)NC(=O)c3ccc(OC(C)C(F)(F)F)c(C(F)(F)F)c3)ccn12. The maximum absolute atomic E-state index is 13.4. The van der Waals surface area contributed by atoms with Crippen LogP contribution in [0.4, 0.5) is 26.3 Å². The number of imidazole rings is 1. The Morgan fingerprint density at radius 1 is 1.12 bits per heavy atom. The highest BCUT2D eigenvalue weighted by Gasteiger charge is 2.41. The molecule has 0 saturated heterocycles. The standard InChI is InChI=1S/C20H16F6N4O2/c1-10-9-28-16-8-12(5-6-30(10)16)17(27)29-18(31)13-3-4-15(14(7-13)20(24,25)26)32-11(2)19(21,22)23/h3-9,11H,1-2H3,(H2,27,29,31). The molecule has 1 atom stereocenters. The van der Waals surface area contributed by atoms with Gasteiger partial charge in [-0.2, -0.15) is 26.3 Å². The molecule has 0 aliphatic rings. The lowest BCUT2D eigenvalue weighted by Crippen LogP contribution is -2.32. The number of aryl methyl sites for hydroxylation is 1. The molecule has 0 aliphatic heterocycles. The zero-order chi connectivity index (χ0) is 23.8. The molecule has 32 heavy (non-hydrogen) atoms. The molecule has 6 nitrogen and oxygen atoms in total. The number of rotatable bonds is 4. The van der Waals surface area contributed by atoms with Gasteiger partial charge in [0, 0.05) is 29.2 Å². The average molecular weight is 458 g/mol. The number of amidine groups is 1. The smallest absolute Gasteiger partial charge is 0.425 e. The lowest BCUT2D eigenvalue weighted by molar-refractivity contribution is -0.191. The van der Waals surface area contributed by atoms with Crippen LogP contribution in [0.5, 0.6) is 5.75 Å². The lowest BCUT2D eigenvalue weighted by atomic mass is 10.1. The summed E-state index contributed by atoms with van der Waals surface area (Å²) in [5.41, 5.74) is -0.456. The van der Waals surface area contributed by atoms with Crippen LogP contribution in [0, 0.1) is 12.3 Å². The fourth-order valence-corrected chi connectivity index (χ4v) is 2.77. The van der Waals surface area contributed by atoms with Gasteiger partial charge in [-0.15, -0.1) is 0 Å². The number of ether oxygens (including phenoxy) is 1. The molecule has 2 heterocycles. The molecule has 12 heteroatoms. The molecule has 2 aromatic heterocycles. The minimum Gasteiger partial charge on any atom is -0.481 e. The molecule has 1 amide bonds. The number of hydrogen-bond acceptors (Lipinski definition) is 4. The van der Waals surface area contributed by atoms with Gasteiger partial charge in [0.25, 0.3) is 5.91 Å². The van der Waals surface area contributed by atoms with Gasteiger partial charge in [-0.3, -0.25) is 10.2 Å². The Morgan fingerprint density at radius 3 is 2.44 bits per heavy atom. The second-order valence-corrected chi connectivity index (χ2v) is 6.88. The predicted molar refractivity (Wildman–Crippen MR) is 102 cm³/mol. The first-order chi connectivity index (χ1) is 14.8. The molecule has 2 N–H and O–H groups in total. The Labute approximate surface area is 177 Å². The molecule has 1 unspecified atom stereocenters. The van der Waals surface area contributed by atoms with E-state index >= 15 is 0 Å². The summed E-state index contributed by atoms with van der Waals surface area (Å²) in [4.78, 5) is 16.5. The molecule has 3 rings (SSSR count). The van der Waals surface area contributed by atoms with E-state index in [-0.39, 0.29) is 5.56 Å². The Morgan fingerprint density at radius 2 is 1.81 bits per heavy atom. The number of nitrogens with one attached hydrogen (secondary N) is 2. The van der Waals surface area contributed by atoms with Crippen LogP contribution in [0.1, 0.15) is 34.1 Å². The number of fused-ring (bicyclic) bond motifs is 1. The zero-order valence-electron chi connectivity index (χ0n) is 16.6. The number of alkyl halides is 6. The summed E-state index contributed by atoms with van der Waals surface area (Å²) < 4.78 is 84.3. The summed E-state index contributed by atoms with van der Waals surface area (Å²) in [7, 11) is 0. The van der Waals surface area contributed by atoms with E-state index in [2.05, 4.69) is 15.0 Å². The highest BCUT2D eigenvalue weighted by Crippen LogP contribution is 2.38. The average Bonchev–Trinajstić information content (AvgIpc) is 3.06. The van der Waals surface area contributed by atoms with E-state index < -0.39 is 47.1 Å². The summed E-state index contributed by atoms with van der Waals surface area (Å²) in [6, 6.07) is 4.93. The van der Waals surface area contributed by atoms with Gasteiger partial charge in [0.15, 0.2) is 6.10 Å². The van der Waals surface area contributed by atoms with Crippen LogP contribution in [0.2, 0.25) is 0 Å². The summed E-state index contributed by atoms with van der Waals surface area (Å²) >= 11 is 0. The number of amides is 1. The number of nitrogens with zero attached hydrogens (tertiary/aromatic N) is 2. The Hall–Kier alpha value is -3.57. The van der Waals surface area contributed by atoms with Crippen molar-refractivity contribution in [3.8, 4) is 5.75 Å². The fraction of sp³-hybridized carbons (Fsp3) is 0.250. The van der Waals surface area contributed by atoms with Gasteiger partial charge in [-0.1, -0.05) is 0 Å². The van der Waals surface area contributed by atoms with Crippen molar-refractivity contribution in [3.63, 3.8) is 0 Å². The summed E-state index contributed by atoms with van der Waals surface area (Å²) in [5, 5.41) is 10.2. The maximum Gasteiger partial charge on any atom is 0.425 e. The molecule has 0 bridgehead atoms. The summed E-state index contributed by atoms with van der Waals surface area (Å²) in [6.07, 6.45) is -9.22. The fourth-order valence-electron chi connectivity index (χ4n) is 2.77. The largest absolute Gasteiger partial charge is 0.481 e. The number of benzene rings is 1. The minimum absolute atomic E-state index is 0.256. The van der Waals surface area contributed by atoms with Gasteiger partial charge in [0.2, 0.25) is 0 Å². The Bertz CT molecular complexity index is 1180. The third kappa shape index (κ3) is 4.84. The topological polar surface area (TPSA) is 79.5 Å². The van der Waals surface area contributed by atoms with Crippen LogP contribution < -0.4 is 10.1 Å². The molecule has 0 saturated carbocycles. The van der Waals surface area contributed by atoms with Crippen molar-refractivity contribution in [1.29, 1.82) is 5.41 Å². The first kappa shape index (κ1) is 23.1. The first-order valence-corrected chi connectivity index (χ1v) is 9.06. The van der Waals surface area contributed by atoms with Gasteiger partial charge >= 0.3 is 12.4 Å². The van der Waals surface area contributed by atoms with E-state index in [0.717, 1.165) is 11.8 Å². The van der Waals surface area contributed by atoms with Gasteiger partial charge in [-0.05, 0) is 44.2 Å². The molecule has 0 aliphatic carbocycles. The Kier molecular flexibility index (Phi) is 5.90. The van der Waals surface area contributed by atoms with Crippen molar-refractivity contribution in [1.82, 2.24) is 14.7 Å². The van der Waals surface area contributed by atoms with E-state index in [9.17, 15) is 31.1 Å². The molecule has 0 fully saturated rings. The minimum atomic E-state index is -5.08. The number of aromatic nitrogens is 2. The number of halogens is 6. The quantitative estimate of drug-likeness (QED) is 0.337. The van der Waals surface area contributed by atoms with Gasteiger partial charge in [0.05, 0.1) is 5.56 Å². The second kappa shape index (κ2) is 8.17. The normalized spacial score (nSPS) is 13.1. The third-order valence-electron chi connectivity index (χ3n) is 4.54. The van der Waals surface area contributed by atoms with Crippen LogP contribution >= 0.6 is 0 Å². The van der Waals surface area contributed by atoms with Gasteiger partial charge < -0.3 is 14.5 Å². The van der Waals surface area contributed by atoms with Crippen molar-refractivity contribution in [3.05, 3.63) is 65.1 Å². The van der Waals surface area contributed by atoms with E-state index in [0.29, 0.717) is 24.7 Å². The van der Waals surface area contributed by atoms with Crippen LogP contribution in [0.25, 0.3) is 5.65 Å². The van der Waals surface area contributed by atoms with Crippen LogP contribution in [-0.2, 0) is 6.18 Å². The van der Waals surface area contributed by atoms with Crippen LogP contribution in [0.15, 0.2) is 42.7 Å². The maximum atomic E-state index is 13.4. The van der Waals surface area contributed by atoms with Crippen molar-refractivity contribution >= 4 is 17.4 Å². The second-order valence-electron chi connectivity index (χ2n) is 6.88. The van der Waals surface area contributed by atoms with Crippen LogP contribution in [-0.4, -0.2) is 33.4 Å².